The van der Waals surface area contributed by atoms with Crippen LogP contribution in [0.2, 0.25) is 0 Å². The summed E-state index contributed by atoms with van der Waals surface area (Å²) in [6.45, 7) is 6.06. The molecule has 0 saturated carbocycles. The van der Waals surface area contributed by atoms with Gasteiger partial charge in [0.25, 0.3) is 0 Å². The molecule has 2 heteroatoms. The lowest BCUT2D eigenvalue weighted by Gasteiger charge is -2.29. The van der Waals surface area contributed by atoms with E-state index in [-0.39, 0.29) is 0 Å². The summed E-state index contributed by atoms with van der Waals surface area (Å²) in [5.41, 5.74) is 9.91. The van der Waals surface area contributed by atoms with Gasteiger partial charge in [-0.05, 0) is 93.0 Å². The summed E-state index contributed by atoms with van der Waals surface area (Å²) in [5, 5.41) is 9.50. The Balaban J connectivity index is 1.34. The van der Waals surface area contributed by atoms with Crippen LogP contribution in [-0.4, -0.2) is 0 Å². The highest BCUT2D eigenvalue weighted by Crippen LogP contribution is 2.45. The minimum Gasteiger partial charge on any atom is -0.456 e. The number of rotatable bonds is 6. The number of aryl methyl sites for hydroxylation is 1. The second-order valence-electron chi connectivity index (χ2n) is 12.6. The molecule has 0 aliphatic rings. The number of hydrogen-bond donors (Lipinski definition) is 0. The molecule has 9 rings (SSSR count). The van der Waals surface area contributed by atoms with Crippen molar-refractivity contribution >= 4 is 77.4 Å². The van der Waals surface area contributed by atoms with Crippen molar-refractivity contribution in [3.63, 3.8) is 0 Å². The summed E-state index contributed by atoms with van der Waals surface area (Å²) >= 11 is 0. The molecule has 0 spiro atoms. The molecule has 1 aromatic heterocycles. The van der Waals surface area contributed by atoms with E-state index in [2.05, 4.69) is 170 Å². The van der Waals surface area contributed by atoms with Crippen LogP contribution in [0.15, 0.2) is 175 Å². The number of fused-ring (bicyclic) bond motifs is 8. The van der Waals surface area contributed by atoms with Crippen LogP contribution >= 0.6 is 0 Å². The molecule has 0 unspecified atom stereocenters. The van der Waals surface area contributed by atoms with Crippen molar-refractivity contribution < 1.29 is 4.42 Å². The third-order valence-electron chi connectivity index (χ3n) is 9.73. The van der Waals surface area contributed by atoms with Crippen molar-refractivity contribution in [3.05, 3.63) is 182 Å². The molecule has 9 aromatic rings. The maximum absolute atomic E-state index is 6.35. The minimum absolute atomic E-state index is 0.906. The third kappa shape index (κ3) is 4.80. The van der Waals surface area contributed by atoms with Crippen LogP contribution in [0.3, 0.4) is 0 Å². The Hall–Kier alpha value is -6.38. The molecule has 0 bridgehead atoms. The largest absolute Gasteiger partial charge is 0.456 e. The second-order valence-corrected chi connectivity index (χ2v) is 12.6. The zero-order valence-electron chi connectivity index (χ0n) is 27.2. The summed E-state index contributed by atoms with van der Waals surface area (Å²) < 4.78 is 6.35. The zero-order valence-corrected chi connectivity index (χ0v) is 27.2. The quantitative estimate of drug-likeness (QED) is 0.135. The molecule has 0 atom stereocenters. The number of allylic oxidation sites excluding steroid dienone is 2. The normalized spacial score (nSPS) is 11.8. The Morgan fingerprint density at radius 2 is 1.27 bits per heavy atom. The average Bonchev–Trinajstić information content (AvgIpc) is 3.54. The van der Waals surface area contributed by atoms with E-state index in [0.29, 0.717) is 0 Å². The number of anilines is 3. The fraction of sp³-hybridized carbons (Fsp3) is 0.0213. The molecule has 0 saturated heterocycles. The van der Waals surface area contributed by atoms with Gasteiger partial charge in [-0.25, -0.2) is 0 Å². The van der Waals surface area contributed by atoms with Gasteiger partial charge in [-0.1, -0.05) is 134 Å². The van der Waals surface area contributed by atoms with Gasteiger partial charge in [-0.3, -0.25) is 0 Å². The van der Waals surface area contributed by atoms with Gasteiger partial charge in [0.05, 0.1) is 5.69 Å². The van der Waals surface area contributed by atoms with Crippen molar-refractivity contribution in [2.75, 3.05) is 4.90 Å². The fourth-order valence-electron chi connectivity index (χ4n) is 7.42. The number of hydrogen-bond acceptors (Lipinski definition) is 2. The lowest BCUT2D eigenvalue weighted by molar-refractivity contribution is 0.669. The Labute approximate surface area is 285 Å². The van der Waals surface area contributed by atoms with E-state index in [1.165, 1.54) is 54.6 Å². The first-order chi connectivity index (χ1) is 24.2. The molecule has 0 radical (unpaired) electrons. The van der Waals surface area contributed by atoms with Gasteiger partial charge in [0.2, 0.25) is 0 Å². The maximum Gasteiger partial charge on any atom is 0.136 e. The molecule has 2 nitrogen and oxygen atoms in total. The van der Waals surface area contributed by atoms with Crippen LogP contribution in [0.25, 0.3) is 71.5 Å². The van der Waals surface area contributed by atoms with Crippen LogP contribution in [0.5, 0.6) is 0 Å². The molecule has 0 amide bonds. The van der Waals surface area contributed by atoms with Crippen molar-refractivity contribution in [3.8, 4) is 11.1 Å². The van der Waals surface area contributed by atoms with E-state index in [0.717, 1.165) is 39.0 Å². The Bertz CT molecular complexity index is 2750. The number of benzene rings is 8. The van der Waals surface area contributed by atoms with Crippen molar-refractivity contribution in [1.82, 2.24) is 0 Å². The van der Waals surface area contributed by atoms with E-state index in [9.17, 15) is 0 Å². The Morgan fingerprint density at radius 1 is 0.551 bits per heavy atom. The van der Waals surface area contributed by atoms with E-state index < -0.39 is 0 Å². The molecule has 0 fully saturated rings. The molecule has 0 aliphatic carbocycles. The van der Waals surface area contributed by atoms with Crippen molar-refractivity contribution in [2.24, 2.45) is 0 Å². The van der Waals surface area contributed by atoms with Crippen molar-refractivity contribution in [2.45, 2.75) is 6.92 Å². The number of furan rings is 1. The van der Waals surface area contributed by atoms with Crippen LogP contribution in [0, 0.1) is 6.92 Å². The lowest BCUT2D eigenvalue weighted by atomic mass is 9.96. The molecule has 8 aromatic carbocycles. The predicted octanol–water partition coefficient (Wildman–Crippen LogP) is 13.7. The third-order valence-corrected chi connectivity index (χ3v) is 9.73. The molecular formula is C47H33NO. The topological polar surface area (TPSA) is 16.4 Å². The highest BCUT2D eigenvalue weighted by molar-refractivity contribution is 6.27. The van der Waals surface area contributed by atoms with Crippen LogP contribution in [-0.2, 0) is 0 Å². The summed E-state index contributed by atoms with van der Waals surface area (Å²) in [6, 6.07) is 54.6. The summed E-state index contributed by atoms with van der Waals surface area (Å²) in [5.74, 6) is 0. The van der Waals surface area contributed by atoms with Gasteiger partial charge in [0.15, 0.2) is 0 Å². The van der Waals surface area contributed by atoms with Gasteiger partial charge in [-0.15, -0.1) is 0 Å². The highest BCUT2D eigenvalue weighted by Gasteiger charge is 2.20. The van der Waals surface area contributed by atoms with Gasteiger partial charge in [0, 0.05) is 33.1 Å². The maximum atomic E-state index is 6.35. The van der Waals surface area contributed by atoms with Crippen LogP contribution < -0.4 is 4.90 Å². The molecule has 49 heavy (non-hydrogen) atoms. The Kier molecular flexibility index (Phi) is 6.88. The lowest BCUT2D eigenvalue weighted by Crippen LogP contribution is -2.11. The van der Waals surface area contributed by atoms with Gasteiger partial charge in [-0.2, -0.15) is 0 Å². The zero-order chi connectivity index (χ0) is 32.9. The number of para-hydroxylation sites is 2. The van der Waals surface area contributed by atoms with E-state index >= 15 is 0 Å². The molecule has 0 N–H and O–H groups in total. The van der Waals surface area contributed by atoms with E-state index in [1.54, 1.807) is 0 Å². The van der Waals surface area contributed by atoms with Crippen LogP contribution in [0.4, 0.5) is 17.1 Å². The number of nitrogens with zero attached hydrogens (tertiary/aromatic N) is 1. The molecular weight excluding hydrogens is 595 g/mol. The smallest absolute Gasteiger partial charge is 0.136 e. The fourth-order valence-corrected chi connectivity index (χ4v) is 7.42. The van der Waals surface area contributed by atoms with Crippen molar-refractivity contribution in [1.29, 1.82) is 0 Å². The predicted molar refractivity (Wildman–Crippen MR) is 210 cm³/mol. The van der Waals surface area contributed by atoms with Gasteiger partial charge >= 0.3 is 0 Å². The highest BCUT2D eigenvalue weighted by atomic mass is 16.3. The first-order valence-electron chi connectivity index (χ1n) is 16.7. The van der Waals surface area contributed by atoms with Gasteiger partial charge < -0.3 is 9.32 Å². The summed E-state index contributed by atoms with van der Waals surface area (Å²) in [4.78, 5) is 2.41. The molecule has 1 heterocycles. The summed E-state index contributed by atoms with van der Waals surface area (Å²) in [6.07, 6.45) is 6.00. The Morgan fingerprint density at radius 3 is 2.16 bits per heavy atom. The second kappa shape index (κ2) is 11.7. The minimum atomic E-state index is 0.906. The van der Waals surface area contributed by atoms with E-state index in [1.807, 2.05) is 18.2 Å². The summed E-state index contributed by atoms with van der Waals surface area (Å²) in [7, 11) is 0. The molecule has 232 valence electrons. The van der Waals surface area contributed by atoms with Crippen LogP contribution in [0.1, 0.15) is 11.1 Å². The standard InChI is InChI=1S/C47H33NO/c1-3-4-14-38-31(2)19-20-35-29-36(26-27-39(35)38)48(43-17-10-8-15-40(43)32-12-6-5-7-13-32)37-25-23-33-21-22-34-24-28-45-47(46(34)42(33)30-37)41-16-9-11-18-44(41)49-45/h3-30H,1H2,2H3/b14-4-. The van der Waals surface area contributed by atoms with E-state index in [4.69, 9.17) is 4.42 Å². The average molecular weight is 628 g/mol. The first kappa shape index (κ1) is 28.8. The monoisotopic (exact) mass is 627 g/mol. The van der Waals surface area contributed by atoms with Gasteiger partial charge in [0.1, 0.15) is 11.2 Å². The molecule has 0 aliphatic heterocycles. The SMILES string of the molecule is C=C/C=C\c1c(C)ccc2cc(N(c3ccc4ccc5ccc6oc7ccccc7c6c5c4c3)c3ccccc3-c3ccccc3)ccc12. The first-order valence-corrected chi connectivity index (χ1v) is 16.7.